The average Bonchev–Trinajstić information content (AvgIpc) is 3.16. The van der Waals surface area contributed by atoms with Crippen molar-refractivity contribution in [2.75, 3.05) is 23.4 Å². The first-order valence-electron chi connectivity index (χ1n) is 10.8. The van der Waals surface area contributed by atoms with Crippen LogP contribution in [0, 0.1) is 19.8 Å². The fraction of sp³-hybridized carbons (Fsp3) is 0.360. The predicted molar refractivity (Wildman–Crippen MR) is 123 cm³/mol. The fourth-order valence-corrected chi connectivity index (χ4v) is 3.50. The van der Waals surface area contributed by atoms with E-state index in [2.05, 4.69) is 5.32 Å². The predicted octanol–water partition coefficient (Wildman–Crippen LogP) is 3.40. The van der Waals surface area contributed by atoms with Crippen LogP contribution in [0.3, 0.4) is 0 Å². The summed E-state index contributed by atoms with van der Waals surface area (Å²) in [7, 11) is 0. The third-order valence-corrected chi connectivity index (χ3v) is 5.44. The van der Waals surface area contributed by atoms with Gasteiger partial charge in [-0.05, 0) is 69.2 Å². The van der Waals surface area contributed by atoms with Crippen molar-refractivity contribution in [3.63, 3.8) is 0 Å². The third-order valence-electron chi connectivity index (χ3n) is 5.44. The first kappa shape index (κ1) is 24.0. The number of rotatable bonds is 7. The van der Waals surface area contributed by atoms with Gasteiger partial charge in [0, 0.05) is 24.3 Å². The second kappa shape index (κ2) is 10.3. The molecule has 3 rings (SSSR count). The van der Waals surface area contributed by atoms with E-state index in [1.54, 1.807) is 44.2 Å². The van der Waals surface area contributed by atoms with Gasteiger partial charge in [0.15, 0.2) is 6.61 Å². The quantitative estimate of drug-likeness (QED) is 0.646. The molecular formula is C25H28N2O6. The number of aryl methyl sites for hydroxylation is 1. The Morgan fingerprint density at radius 3 is 2.45 bits per heavy atom. The topological polar surface area (TPSA) is 102 Å². The van der Waals surface area contributed by atoms with Gasteiger partial charge in [0.25, 0.3) is 5.91 Å². The van der Waals surface area contributed by atoms with Crippen LogP contribution in [0.1, 0.15) is 41.8 Å². The molecule has 1 fully saturated rings. The van der Waals surface area contributed by atoms with Crippen LogP contribution in [-0.2, 0) is 23.9 Å². The van der Waals surface area contributed by atoms with Crippen molar-refractivity contribution in [3.8, 4) is 0 Å². The Kier molecular flexibility index (Phi) is 7.48. The van der Waals surface area contributed by atoms with Gasteiger partial charge in [-0.3, -0.25) is 14.4 Å². The number of hydrogen-bond donors (Lipinski definition) is 1. The van der Waals surface area contributed by atoms with Gasteiger partial charge in [0.05, 0.1) is 17.6 Å². The Labute approximate surface area is 192 Å². The highest BCUT2D eigenvalue weighted by atomic mass is 16.5. The number of amides is 2. The fourth-order valence-electron chi connectivity index (χ4n) is 3.50. The highest BCUT2D eigenvalue weighted by Gasteiger charge is 2.36. The summed E-state index contributed by atoms with van der Waals surface area (Å²) >= 11 is 0. The molecule has 0 aliphatic carbocycles. The van der Waals surface area contributed by atoms with E-state index < -0.39 is 30.4 Å². The molecular weight excluding hydrogens is 424 g/mol. The molecule has 1 aliphatic rings. The van der Waals surface area contributed by atoms with E-state index in [-0.39, 0.29) is 25.0 Å². The Morgan fingerprint density at radius 1 is 1.09 bits per heavy atom. The molecule has 2 aromatic carbocycles. The second-order valence-corrected chi connectivity index (χ2v) is 8.31. The van der Waals surface area contributed by atoms with E-state index in [4.69, 9.17) is 9.47 Å². The smallest absolute Gasteiger partial charge is 0.338 e. The highest BCUT2D eigenvalue weighted by molar-refractivity contribution is 6.00. The van der Waals surface area contributed by atoms with Crippen molar-refractivity contribution >= 4 is 35.1 Å². The molecule has 1 atom stereocenters. The summed E-state index contributed by atoms with van der Waals surface area (Å²) in [5.74, 6) is -2.38. The Morgan fingerprint density at radius 2 is 1.79 bits per heavy atom. The molecule has 8 nitrogen and oxygen atoms in total. The molecule has 1 N–H and O–H groups in total. The number of esters is 2. The summed E-state index contributed by atoms with van der Waals surface area (Å²) < 4.78 is 10.3. The van der Waals surface area contributed by atoms with E-state index in [9.17, 15) is 19.2 Å². The summed E-state index contributed by atoms with van der Waals surface area (Å²) in [6.45, 7) is 7.09. The first-order chi connectivity index (χ1) is 15.7. The van der Waals surface area contributed by atoms with Crippen LogP contribution in [0.25, 0.3) is 0 Å². The van der Waals surface area contributed by atoms with E-state index in [0.29, 0.717) is 16.9 Å². The van der Waals surface area contributed by atoms with Gasteiger partial charge in [-0.15, -0.1) is 0 Å². The van der Waals surface area contributed by atoms with Crippen LogP contribution < -0.4 is 10.2 Å². The number of benzene rings is 2. The molecule has 0 spiro atoms. The second-order valence-electron chi connectivity index (χ2n) is 8.31. The van der Waals surface area contributed by atoms with Crippen LogP contribution >= 0.6 is 0 Å². The van der Waals surface area contributed by atoms with E-state index >= 15 is 0 Å². The van der Waals surface area contributed by atoms with Crippen molar-refractivity contribution < 1.29 is 28.7 Å². The van der Waals surface area contributed by atoms with Crippen LogP contribution in [0.4, 0.5) is 11.4 Å². The molecule has 1 aliphatic heterocycles. The SMILES string of the molecule is Cc1cccc(NC(=O)COC(=O)[C@H]2CC(=O)N(c3ccc(C(=O)OC(C)C)cc3)C2)c1C. The van der Waals surface area contributed by atoms with E-state index in [0.717, 1.165) is 11.1 Å². The Balaban J connectivity index is 1.54. The maximum absolute atomic E-state index is 12.4. The number of carbonyl (C=O) groups excluding carboxylic acids is 4. The van der Waals surface area contributed by atoms with Gasteiger partial charge in [0.1, 0.15) is 0 Å². The molecule has 0 saturated carbocycles. The summed E-state index contributed by atoms with van der Waals surface area (Å²) in [4.78, 5) is 50.5. The summed E-state index contributed by atoms with van der Waals surface area (Å²) in [6.07, 6.45) is -0.235. The summed E-state index contributed by atoms with van der Waals surface area (Å²) in [5.41, 5.74) is 3.60. The maximum Gasteiger partial charge on any atom is 0.338 e. The van der Waals surface area contributed by atoms with Gasteiger partial charge < -0.3 is 19.7 Å². The zero-order chi connectivity index (χ0) is 24.1. The number of nitrogens with zero attached hydrogens (tertiary/aromatic N) is 1. The zero-order valence-electron chi connectivity index (χ0n) is 19.2. The molecule has 174 valence electrons. The molecule has 33 heavy (non-hydrogen) atoms. The normalized spacial score (nSPS) is 15.5. The van der Waals surface area contributed by atoms with Gasteiger partial charge in [-0.25, -0.2) is 4.79 Å². The summed E-state index contributed by atoms with van der Waals surface area (Å²) in [6, 6.07) is 12.0. The molecule has 8 heteroatoms. The van der Waals surface area contributed by atoms with Gasteiger partial charge in [0.2, 0.25) is 5.91 Å². The molecule has 1 heterocycles. The number of carbonyl (C=O) groups is 4. The van der Waals surface area contributed by atoms with Crippen molar-refractivity contribution in [1.82, 2.24) is 0 Å². The van der Waals surface area contributed by atoms with E-state index in [1.165, 1.54) is 4.90 Å². The van der Waals surface area contributed by atoms with Gasteiger partial charge in [-0.1, -0.05) is 12.1 Å². The molecule has 0 aromatic heterocycles. The lowest BCUT2D eigenvalue weighted by molar-refractivity contribution is -0.151. The first-order valence-corrected chi connectivity index (χ1v) is 10.8. The average molecular weight is 453 g/mol. The lowest BCUT2D eigenvalue weighted by Gasteiger charge is -2.17. The lowest BCUT2D eigenvalue weighted by Crippen LogP contribution is -2.28. The van der Waals surface area contributed by atoms with Crippen molar-refractivity contribution in [2.24, 2.45) is 5.92 Å². The van der Waals surface area contributed by atoms with Crippen molar-refractivity contribution in [1.29, 1.82) is 0 Å². The lowest BCUT2D eigenvalue weighted by atomic mass is 10.1. The third kappa shape index (κ3) is 5.97. The highest BCUT2D eigenvalue weighted by Crippen LogP contribution is 2.26. The minimum Gasteiger partial charge on any atom is -0.459 e. The minimum absolute atomic E-state index is 0.00537. The van der Waals surface area contributed by atoms with Crippen molar-refractivity contribution in [3.05, 3.63) is 59.2 Å². The minimum atomic E-state index is -0.670. The maximum atomic E-state index is 12.4. The van der Waals surface area contributed by atoms with Crippen molar-refractivity contribution in [2.45, 2.75) is 40.2 Å². The van der Waals surface area contributed by atoms with Crippen LogP contribution in [0.5, 0.6) is 0 Å². The standard InChI is InChI=1S/C25H28N2O6/c1-15(2)33-25(31)18-8-10-20(11-9-18)27-13-19(12-23(27)29)24(30)32-14-22(28)26-21-7-5-6-16(3)17(21)4/h5-11,15,19H,12-14H2,1-4H3,(H,26,28)/t19-/m0/s1. The van der Waals surface area contributed by atoms with Crippen LogP contribution in [0.15, 0.2) is 42.5 Å². The molecule has 0 radical (unpaired) electrons. The Hall–Kier alpha value is -3.68. The largest absolute Gasteiger partial charge is 0.459 e. The summed E-state index contributed by atoms with van der Waals surface area (Å²) in [5, 5.41) is 2.74. The van der Waals surface area contributed by atoms with Gasteiger partial charge >= 0.3 is 11.9 Å². The zero-order valence-corrected chi connectivity index (χ0v) is 19.2. The number of ether oxygens (including phenoxy) is 2. The molecule has 1 saturated heterocycles. The van der Waals surface area contributed by atoms with E-state index in [1.807, 2.05) is 26.0 Å². The van der Waals surface area contributed by atoms with Crippen LogP contribution in [0.2, 0.25) is 0 Å². The monoisotopic (exact) mass is 452 g/mol. The number of hydrogen-bond acceptors (Lipinski definition) is 6. The number of anilines is 2. The number of nitrogens with one attached hydrogen (secondary N) is 1. The molecule has 0 bridgehead atoms. The Bertz CT molecular complexity index is 1060. The van der Waals surface area contributed by atoms with Gasteiger partial charge in [-0.2, -0.15) is 0 Å². The molecule has 2 aromatic rings. The molecule has 0 unspecified atom stereocenters. The van der Waals surface area contributed by atoms with Crippen LogP contribution in [-0.4, -0.2) is 43.0 Å². The molecule has 2 amide bonds.